The molecular formula is C21H27ClN2O3S. The molecule has 0 amide bonds. The van der Waals surface area contributed by atoms with Crippen LogP contribution in [0, 0.1) is 0 Å². The van der Waals surface area contributed by atoms with Crippen molar-refractivity contribution in [2.24, 2.45) is 0 Å². The van der Waals surface area contributed by atoms with Crippen molar-refractivity contribution in [1.29, 1.82) is 0 Å². The maximum absolute atomic E-state index is 11.5. The zero-order valence-corrected chi connectivity index (χ0v) is 17.4. The molecule has 152 valence electrons. The number of hydrogen-bond donors (Lipinski definition) is 3. The Morgan fingerprint density at radius 3 is 2.61 bits per heavy atom. The molecule has 0 bridgehead atoms. The van der Waals surface area contributed by atoms with Crippen molar-refractivity contribution in [3.05, 3.63) is 57.7 Å². The molecule has 0 fully saturated rings. The number of phenolic OH excluding ortho intramolecular Hbond substituents is 1. The van der Waals surface area contributed by atoms with Crippen LogP contribution in [0.25, 0.3) is 10.2 Å². The van der Waals surface area contributed by atoms with Crippen LogP contribution in [0.2, 0.25) is 0 Å². The summed E-state index contributed by atoms with van der Waals surface area (Å²) in [6.45, 7) is 2.63. The number of nitrogens with one attached hydrogen (secondary N) is 2. The Kier molecular flexibility index (Phi) is 9.34. The highest BCUT2D eigenvalue weighted by atomic mass is 35.5. The van der Waals surface area contributed by atoms with Crippen molar-refractivity contribution in [1.82, 2.24) is 10.3 Å². The average molecular weight is 423 g/mol. The zero-order valence-electron chi connectivity index (χ0n) is 15.8. The second kappa shape index (κ2) is 11.7. The van der Waals surface area contributed by atoms with Crippen molar-refractivity contribution in [2.75, 3.05) is 19.7 Å². The third-order valence-corrected chi connectivity index (χ3v) is 5.43. The van der Waals surface area contributed by atoms with Gasteiger partial charge in [0.1, 0.15) is 17.0 Å². The lowest BCUT2D eigenvalue weighted by molar-refractivity contribution is 0.304. The Labute approximate surface area is 175 Å². The lowest BCUT2D eigenvalue weighted by atomic mass is 10.1. The number of hydrogen-bond acceptors (Lipinski definition) is 5. The summed E-state index contributed by atoms with van der Waals surface area (Å²) >= 11 is 1.16. The number of para-hydroxylation sites is 1. The molecule has 2 aromatic carbocycles. The number of ether oxygens (including phenoxy) is 1. The van der Waals surface area contributed by atoms with Gasteiger partial charge in [0.2, 0.25) is 0 Å². The Hall–Kier alpha value is -2.02. The van der Waals surface area contributed by atoms with Gasteiger partial charge in [-0.15, -0.1) is 12.4 Å². The van der Waals surface area contributed by atoms with E-state index in [9.17, 15) is 9.90 Å². The summed E-state index contributed by atoms with van der Waals surface area (Å²) in [7, 11) is 0. The second-order valence-corrected chi connectivity index (χ2v) is 7.52. The molecule has 0 atom stereocenters. The first-order valence-electron chi connectivity index (χ1n) is 9.46. The van der Waals surface area contributed by atoms with Crippen molar-refractivity contribution in [2.45, 2.75) is 32.1 Å². The van der Waals surface area contributed by atoms with Gasteiger partial charge >= 0.3 is 4.87 Å². The highest BCUT2D eigenvalue weighted by Crippen LogP contribution is 2.27. The van der Waals surface area contributed by atoms with Crippen LogP contribution in [0.15, 0.2) is 47.3 Å². The maximum Gasteiger partial charge on any atom is 0.305 e. The molecule has 7 heteroatoms. The number of H-pyrrole nitrogens is 1. The van der Waals surface area contributed by atoms with Crippen molar-refractivity contribution in [3.63, 3.8) is 0 Å². The van der Waals surface area contributed by atoms with Gasteiger partial charge in [0, 0.05) is 0 Å². The molecule has 0 saturated carbocycles. The predicted molar refractivity (Wildman–Crippen MR) is 118 cm³/mol. The first-order chi connectivity index (χ1) is 13.2. The monoisotopic (exact) mass is 422 g/mol. The minimum Gasteiger partial charge on any atom is -0.506 e. The van der Waals surface area contributed by atoms with Gasteiger partial charge in [-0.05, 0) is 56.1 Å². The highest BCUT2D eigenvalue weighted by molar-refractivity contribution is 7.16. The topological polar surface area (TPSA) is 74.4 Å². The molecule has 3 rings (SSSR count). The molecular weight excluding hydrogens is 396 g/mol. The van der Waals surface area contributed by atoms with E-state index in [0.29, 0.717) is 5.52 Å². The molecule has 3 N–H and O–H groups in total. The Morgan fingerprint density at radius 1 is 1.00 bits per heavy atom. The normalized spacial score (nSPS) is 10.7. The van der Waals surface area contributed by atoms with Crippen LogP contribution in [0.4, 0.5) is 0 Å². The van der Waals surface area contributed by atoms with Crippen LogP contribution in [-0.2, 0) is 6.42 Å². The van der Waals surface area contributed by atoms with E-state index in [1.165, 1.54) is 12.8 Å². The fourth-order valence-electron chi connectivity index (χ4n) is 3.03. The van der Waals surface area contributed by atoms with Gasteiger partial charge in [-0.1, -0.05) is 48.4 Å². The molecule has 0 aliphatic rings. The van der Waals surface area contributed by atoms with Crippen LogP contribution in [-0.4, -0.2) is 29.8 Å². The Morgan fingerprint density at radius 2 is 1.79 bits per heavy atom. The first-order valence-corrected chi connectivity index (χ1v) is 10.3. The lowest BCUT2D eigenvalue weighted by Gasteiger charge is -2.07. The molecule has 0 saturated heterocycles. The highest BCUT2D eigenvalue weighted by Gasteiger charge is 2.09. The Balaban J connectivity index is 0.00000280. The summed E-state index contributed by atoms with van der Waals surface area (Å²) < 4.78 is 6.55. The van der Waals surface area contributed by atoms with Gasteiger partial charge in [-0.25, -0.2) is 0 Å². The number of aromatic nitrogens is 1. The van der Waals surface area contributed by atoms with E-state index in [2.05, 4.69) is 10.3 Å². The van der Waals surface area contributed by atoms with Crippen LogP contribution in [0.5, 0.6) is 11.5 Å². The molecule has 28 heavy (non-hydrogen) atoms. The number of unbranched alkanes of at least 4 members (excludes halogenated alkanes) is 3. The summed E-state index contributed by atoms with van der Waals surface area (Å²) in [6.07, 6.45) is 5.43. The molecule has 1 aromatic heterocycles. The third kappa shape index (κ3) is 6.55. The zero-order chi connectivity index (χ0) is 18.9. The minimum absolute atomic E-state index is 0. The lowest BCUT2D eigenvalue weighted by Crippen LogP contribution is -2.18. The van der Waals surface area contributed by atoms with E-state index in [-0.39, 0.29) is 23.0 Å². The number of rotatable bonds is 11. The van der Waals surface area contributed by atoms with E-state index < -0.39 is 0 Å². The molecule has 5 nitrogen and oxygen atoms in total. The number of benzene rings is 2. The smallest absolute Gasteiger partial charge is 0.305 e. The SMILES string of the molecule is Cl.O=c1[nH]c2c(O)ccc(CCNCCCCCCOc3ccccc3)c2s1. The minimum atomic E-state index is -0.128. The largest absolute Gasteiger partial charge is 0.506 e. The van der Waals surface area contributed by atoms with Gasteiger partial charge in [-0.2, -0.15) is 0 Å². The van der Waals surface area contributed by atoms with Gasteiger partial charge in [0.05, 0.1) is 11.3 Å². The standard InChI is InChI=1S/C21H26N2O3S.ClH/c24-18-11-10-16(20-19(18)23-21(25)27-20)12-14-22-13-6-1-2-7-15-26-17-8-4-3-5-9-17;/h3-5,8-11,22,24H,1-2,6-7,12-15H2,(H,23,25);1H. The second-order valence-electron chi connectivity index (χ2n) is 6.54. The summed E-state index contributed by atoms with van der Waals surface area (Å²) in [5.41, 5.74) is 1.65. The van der Waals surface area contributed by atoms with E-state index in [1.807, 2.05) is 36.4 Å². The number of thiazole rings is 1. The van der Waals surface area contributed by atoms with E-state index >= 15 is 0 Å². The summed E-state index contributed by atoms with van der Waals surface area (Å²) in [5, 5.41) is 13.3. The number of aromatic amines is 1. The number of halogens is 1. The molecule has 3 aromatic rings. The molecule has 0 aliphatic heterocycles. The number of aromatic hydroxyl groups is 1. The fraction of sp³-hybridized carbons (Fsp3) is 0.381. The van der Waals surface area contributed by atoms with Gasteiger partial charge in [0.15, 0.2) is 0 Å². The van der Waals surface area contributed by atoms with Crippen molar-refractivity contribution >= 4 is 34.0 Å². The summed E-state index contributed by atoms with van der Waals surface area (Å²) in [6, 6.07) is 13.5. The van der Waals surface area contributed by atoms with E-state index in [4.69, 9.17) is 4.74 Å². The summed E-state index contributed by atoms with van der Waals surface area (Å²) in [4.78, 5) is 14.1. The molecule has 0 radical (unpaired) electrons. The van der Waals surface area contributed by atoms with Crippen LogP contribution < -0.4 is 14.9 Å². The van der Waals surface area contributed by atoms with Crippen LogP contribution in [0.3, 0.4) is 0 Å². The predicted octanol–water partition coefficient (Wildman–Crippen LogP) is 4.49. The average Bonchev–Trinajstić information content (AvgIpc) is 3.08. The van der Waals surface area contributed by atoms with Crippen LogP contribution >= 0.6 is 23.7 Å². The van der Waals surface area contributed by atoms with Gasteiger partial charge in [0.25, 0.3) is 0 Å². The molecule has 0 spiro atoms. The number of fused-ring (bicyclic) bond motifs is 1. The van der Waals surface area contributed by atoms with Gasteiger partial charge < -0.3 is 20.1 Å². The molecule has 1 heterocycles. The molecule has 0 aliphatic carbocycles. The van der Waals surface area contributed by atoms with E-state index in [1.54, 1.807) is 6.07 Å². The summed E-state index contributed by atoms with van der Waals surface area (Å²) in [5.74, 6) is 1.08. The number of phenols is 1. The Bertz CT molecular complexity index is 896. The van der Waals surface area contributed by atoms with Crippen LogP contribution in [0.1, 0.15) is 31.2 Å². The quantitative estimate of drug-likeness (QED) is 0.398. The van der Waals surface area contributed by atoms with Crippen molar-refractivity contribution < 1.29 is 9.84 Å². The first kappa shape index (κ1) is 22.3. The van der Waals surface area contributed by atoms with E-state index in [0.717, 1.165) is 66.3 Å². The molecule has 0 unspecified atom stereocenters. The third-order valence-electron chi connectivity index (χ3n) is 4.47. The fourth-order valence-corrected chi connectivity index (χ4v) is 3.93. The van der Waals surface area contributed by atoms with Crippen molar-refractivity contribution in [3.8, 4) is 11.5 Å². The maximum atomic E-state index is 11.5. The van der Waals surface area contributed by atoms with Gasteiger partial charge in [-0.3, -0.25) is 4.79 Å².